The van der Waals surface area contributed by atoms with Crippen LogP contribution in [0.5, 0.6) is 0 Å². The van der Waals surface area contributed by atoms with Crippen LogP contribution >= 0.6 is 0 Å². The molecule has 114 valence electrons. The molecule has 1 atom stereocenters. The smallest absolute Gasteiger partial charge is 0.126 e. The zero-order valence-corrected chi connectivity index (χ0v) is 13.3. The predicted molar refractivity (Wildman–Crippen MR) is 85.4 cm³/mol. The van der Waals surface area contributed by atoms with Gasteiger partial charge in [-0.05, 0) is 49.4 Å². The number of unbranched alkanes of at least 4 members (excludes halogenated alkanes) is 2. The van der Waals surface area contributed by atoms with E-state index in [2.05, 4.69) is 26.1 Å². The first-order chi connectivity index (χ1) is 9.63. The van der Waals surface area contributed by atoms with Crippen molar-refractivity contribution >= 4 is 0 Å². The Bertz CT molecular complexity index is 362. The van der Waals surface area contributed by atoms with Crippen molar-refractivity contribution in [2.75, 3.05) is 13.1 Å². The first-order valence-electron chi connectivity index (χ1n) is 8.07. The van der Waals surface area contributed by atoms with Gasteiger partial charge in [0.05, 0.1) is 0 Å². The normalized spacial score (nSPS) is 12.8. The maximum absolute atomic E-state index is 13.8. The lowest BCUT2D eigenvalue weighted by molar-refractivity contribution is 0.404. The summed E-state index contributed by atoms with van der Waals surface area (Å²) in [5.74, 6) is 1.15. The molecule has 2 heteroatoms. The van der Waals surface area contributed by atoms with Crippen LogP contribution in [0, 0.1) is 17.7 Å². The largest absolute Gasteiger partial charge is 0.316 e. The Labute approximate surface area is 124 Å². The molecule has 0 amide bonds. The van der Waals surface area contributed by atoms with Crippen LogP contribution in [0.4, 0.5) is 4.39 Å². The third-order valence-corrected chi connectivity index (χ3v) is 3.67. The molecule has 0 spiro atoms. The van der Waals surface area contributed by atoms with E-state index in [1.807, 2.05) is 12.1 Å². The van der Waals surface area contributed by atoms with E-state index in [0.717, 1.165) is 25.1 Å². The van der Waals surface area contributed by atoms with E-state index >= 15 is 0 Å². The molecule has 0 aromatic heterocycles. The molecule has 1 N–H and O–H groups in total. The van der Waals surface area contributed by atoms with Crippen molar-refractivity contribution < 1.29 is 4.39 Å². The number of hydrogen-bond acceptors (Lipinski definition) is 1. The first-order valence-corrected chi connectivity index (χ1v) is 8.07. The Morgan fingerprint density at radius 1 is 1.10 bits per heavy atom. The lowest BCUT2D eigenvalue weighted by Gasteiger charge is -2.19. The molecule has 0 saturated carbocycles. The fourth-order valence-electron chi connectivity index (χ4n) is 2.51. The van der Waals surface area contributed by atoms with Gasteiger partial charge in [0, 0.05) is 0 Å². The number of rotatable bonds is 10. The van der Waals surface area contributed by atoms with Crippen molar-refractivity contribution in [1.29, 1.82) is 0 Å². The topological polar surface area (TPSA) is 12.0 Å². The Kier molecular flexibility index (Phi) is 8.52. The van der Waals surface area contributed by atoms with Crippen LogP contribution in [0.1, 0.15) is 52.0 Å². The molecule has 20 heavy (non-hydrogen) atoms. The van der Waals surface area contributed by atoms with E-state index in [1.165, 1.54) is 25.7 Å². The summed E-state index contributed by atoms with van der Waals surface area (Å²) < 4.78 is 13.8. The Morgan fingerprint density at radius 3 is 2.50 bits per heavy atom. The minimum Gasteiger partial charge on any atom is -0.316 e. The maximum atomic E-state index is 13.8. The van der Waals surface area contributed by atoms with Gasteiger partial charge in [-0.25, -0.2) is 4.39 Å². The van der Waals surface area contributed by atoms with Crippen molar-refractivity contribution in [2.24, 2.45) is 11.8 Å². The van der Waals surface area contributed by atoms with Gasteiger partial charge in [-0.15, -0.1) is 0 Å². The first kappa shape index (κ1) is 17.2. The molecular formula is C18H30FN. The Hall–Kier alpha value is -0.890. The molecule has 0 bridgehead atoms. The standard InChI is InChI=1S/C18H30FN/c1-4-5-6-9-16(14-20-13-15(2)3)12-17-10-7-8-11-18(17)19/h7-8,10-11,15-16,20H,4-6,9,12-14H2,1-3H3. The van der Waals surface area contributed by atoms with Gasteiger partial charge < -0.3 is 5.32 Å². The van der Waals surface area contributed by atoms with Crippen LogP contribution in [0.15, 0.2) is 24.3 Å². The summed E-state index contributed by atoms with van der Waals surface area (Å²) in [5, 5.41) is 3.53. The molecule has 0 aliphatic rings. The molecule has 0 saturated heterocycles. The highest BCUT2D eigenvalue weighted by atomic mass is 19.1. The third-order valence-electron chi connectivity index (χ3n) is 3.67. The monoisotopic (exact) mass is 279 g/mol. The maximum Gasteiger partial charge on any atom is 0.126 e. The minimum atomic E-state index is -0.0585. The van der Waals surface area contributed by atoms with Crippen LogP contribution in [-0.2, 0) is 6.42 Å². The lowest BCUT2D eigenvalue weighted by Crippen LogP contribution is -2.27. The average Bonchev–Trinajstić information content (AvgIpc) is 2.41. The van der Waals surface area contributed by atoms with Gasteiger partial charge in [-0.1, -0.05) is 58.2 Å². The van der Waals surface area contributed by atoms with Crippen molar-refractivity contribution in [3.8, 4) is 0 Å². The van der Waals surface area contributed by atoms with Crippen molar-refractivity contribution in [3.05, 3.63) is 35.6 Å². The van der Waals surface area contributed by atoms with Crippen LogP contribution < -0.4 is 5.32 Å². The highest BCUT2D eigenvalue weighted by molar-refractivity contribution is 5.17. The summed E-state index contributed by atoms with van der Waals surface area (Å²) in [5.41, 5.74) is 0.861. The molecule has 1 unspecified atom stereocenters. The summed E-state index contributed by atoms with van der Waals surface area (Å²) >= 11 is 0. The summed E-state index contributed by atoms with van der Waals surface area (Å²) in [6.45, 7) is 8.70. The van der Waals surface area contributed by atoms with Gasteiger partial charge in [0.2, 0.25) is 0 Å². The second kappa shape index (κ2) is 9.93. The minimum absolute atomic E-state index is 0.0585. The van der Waals surface area contributed by atoms with Crippen LogP contribution in [0.2, 0.25) is 0 Å². The lowest BCUT2D eigenvalue weighted by atomic mass is 9.93. The highest BCUT2D eigenvalue weighted by Gasteiger charge is 2.12. The van der Waals surface area contributed by atoms with Gasteiger partial charge in [0.1, 0.15) is 5.82 Å². The third kappa shape index (κ3) is 7.04. The van der Waals surface area contributed by atoms with Crippen molar-refractivity contribution in [2.45, 2.75) is 52.9 Å². The van der Waals surface area contributed by atoms with Gasteiger partial charge in [0.15, 0.2) is 0 Å². The van der Waals surface area contributed by atoms with Crippen LogP contribution in [0.25, 0.3) is 0 Å². The molecule has 0 aliphatic heterocycles. The van der Waals surface area contributed by atoms with Gasteiger partial charge in [-0.2, -0.15) is 0 Å². The molecule has 1 aromatic rings. The van der Waals surface area contributed by atoms with Crippen LogP contribution in [0.3, 0.4) is 0 Å². The molecular weight excluding hydrogens is 249 g/mol. The molecule has 1 nitrogen and oxygen atoms in total. The summed E-state index contributed by atoms with van der Waals surface area (Å²) in [4.78, 5) is 0. The van der Waals surface area contributed by atoms with E-state index < -0.39 is 0 Å². The van der Waals surface area contributed by atoms with E-state index in [4.69, 9.17) is 0 Å². The summed E-state index contributed by atoms with van der Waals surface area (Å²) in [7, 11) is 0. The zero-order valence-electron chi connectivity index (χ0n) is 13.3. The predicted octanol–water partition coefficient (Wildman–Crippen LogP) is 4.81. The summed E-state index contributed by atoms with van der Waals surface area (Å²) in [6, 6.07) is 7.19. The van der Waals surface area contributed by atoms with Crippen molar-refractivity contribution in [3.63, 3.8) is 0 Å². The van der Waals surface area contributed by atoms with E-state index in [9.17, 15) is 4.39 Å². The van der Waals surface area contributed by atoms with E-state index in [-0.39, 0.29) is 5.82 Å². The Balaban J connectivity index is 2.50. The fourth-order valence-corrected chi connectivity index (χ4v) is 2.51. The van der Waals surface area contributed by atoms with E-state index in [0.29, 0.717) is 11.8 Å². The van der Waals surface area contributed by atoms with Gasteiger partial charge in [0.25, 0.3) is 0 Å². The molecule has 0 radical (unpaired) electrons. The molecule has 0 aliphatic carbocycles. The zero-order chi connectivity index (χ0) is 14.8. The van der Waals surface area contributed by atoms with Crippen LogP contribution in [-0.4, -0.2) is 13.1 Å². The second-order valence-corrected chi connectivity index (χ2v) is 6.21. The molecule has 1 aromatic carbocycles. The quantitative estimate of drug-likeness (QED) is 0.606. The number of nitrogens with one attached hydrogen (secondary N) is 1. The number of hydrogen-bond donors (Lipinski definition) is 1. The Morgan fingerprint density at radius 2 is 1.85 bits per heavy atom. The molecule has 0 heterocycles. The average molecular weight is 279 g/mol. The van der Waals surface area contributed by atoms with Crippen molar-refractivity contribution in [1.82, 2.24) is 5.32 Å². The van der Waals surface area contributed by atoms with E-state index in [1.54, 1.807) is 12.1 Å². The van der Waals surface area contributed by atoms with Gasteiger partial charge in [-0.3, -0.25) is 0 Å². The highest BCUT2D eigenvalue weighted by Crippen LogP contribution is 2.18. The summed E-state index contributed by atoms with van der Waals surface area (Å²) in [6.07, 6.45) is 5.80. The number of halogens is 1. The molecule has 1 rings (SSSR count). The van der Waals surface area contributed by atoms with Gasteiger partial charge >= 0.3 is 0 Å². The molecule has 0 fully saturated rings. The number of benzene rings is 1. The second-order valence-electron chi connectivity index (χ2n) is 6.21. The SMILES string of the molecule is CCCCCC(CNCC(C)C)Cc1ccccc1F. The fraction of sp³-hybridized carbons (Fsp3) is 0.667.